The smallest absolute Gasteiger partial charge is 0.331 e. The van der Waals surface area contributed by atoms with E-state index < -0.39 is 0 Å². The molecule has 1 N–H and O–H groups in total. The summed E-state index contributed by atoms with van der Waals surface area (Å²) in [6.45, 7) is 0.526. The Hall–Kier alpha value is -3.84. The molecule has 4 rings (SSSR count). The summed E-state index contributed by atoms with van der Waals surface area (Å²) in [6, 6.07) is 21.5. The second-order valence-electron chi connectivity index (χ2n) is 8.21. The van der Waals surface area contributed by atoms with Gasteiger partial charge in [-0.2, -0.15) is 0 Å². The van der Waals surface area contributed by atoms with Crippen LogP contribution in [-0.2, 0) is 17.9 Å². The number of hydrogen-bond acceptors (Lipinski definition) is 4. The van der Waals surface area contributed by atoms with Gasteiger partial charge in [-0.05, 0) is 66.9 Å². The third kappa shape index (κ3) is 5.81. The van der Waals surface area contributed by atoms with Crippen molar-refractivity contribution in [2.24, 2.45) is 0 Å². The molecule has 35 heavy (non-hydrogen) atoms. The Kier molecular flexibility index (Phi) is 7.67. The van der Waals surface area contributed by atoms with Crippen molar-refractivity contribution in [1.82, 2.24) is 9.13 Å². The number of rotatable bonds is 9. The Morgan fingerprint density at radius 3 is 2.46 bits per heavy atom. The molecule has 180 valence electrons. The molecule has 0 spiro atoms. The second-order valence-corrected chi connectivity index (χ2v) is 8.64. The highest BCUT2D eigenvalue weighted by Crippen LogP contribution is 2.16. The minimum atomic E-state index is -0.378. The van der Waals surface area contributed by atoms with E-state index in [1.54, 1.807) is 72.3 Å². The van der Waals surface area contributed by atoms with Gasteiger partial charge in [0.15, 0.2) is 0 Å². The van der Waals surface area contributed by atoms with E-state index in [9.17, 15) is 14.4 Å². The Bertz CT molecular complexity index is 1460. The number of anilines is 1. The van der Waals surface area contributed by atoms with Crippen LogP contribution in [0.15, 0.2) is 82.4 Å². The summed E-state index contributed by atoms with van der Waals surface area (Å²) in [5, 5.41) is 3.90. The first-order valence-corrected chi connectivity index (χ1v) is 11.7. The largest absolute Gasteiger partial charge is 0.497 e. The molecule has 0 radical (unpaired) electrons. The molecule has 0 atom stereocenters. The van der Waals surface area contributed by atoms with Gasteiger partial charge in [0.05, 0.1) is 24.6 Å². The monoisotopic (exact) mass is 491 g/mol. The van der Waals surface area contributed by atoms with Gasteiger partial charge in [-0.15, -0.1) is 0 Å². The van der Waals surface area contributed by atoms with Gasteiger partial charge in [-0.1, -0.05) is 35.9 Å². The maximum atomic E-state index is 13.3. The van der Waals surface area contributed by atoms with E-state index in [-0.39, 0.29) is 30.1 Å². The highest BCUT2D eigenvalue weighted by molar-refractivity contribution is 6.30. The second kappa shape index (κ2) is 11.1. The average Bonchev–Trinajstić information content (AvgIpc) is 2.86. The van der Waals surface area contributed by atoms with Crippen molar-refractivity contribution < 1.29 is 9.53 Å². The minimum absolute atomic E-state index is 0.126. The zero-order valence-electron chi connectivity index (χ0n) is 19.4. The van der Waals surface area contributed by atoms with Crippen LogP contribution < -0.4 is 21.3 Å². The molecule has 0 aliphatic rings. The Labute approximate surface area is 207 Å². The Morgan fingerprint density at radius 2 is 1.71 bits per heavy atom. The lowest BCUT2D eigenvalue weighted by atomic mass is 10.2. The lowest BCUT2D eigenvalue weighted by Gasteiger charge is -2.14. The zero-order chi connectivity index (χ0) is 24.8. The molecule has 1 aromatic heterocycles. The van der Waals surface area contributed by atoms with E-state index in [1.165, 1.54) is 4.57 Å². The van der Waals surface area contributed by atoms with Crippen LogP contribution in [0, 0.1) is 0 Å². The molecular formula is C27H26ClN3O4. The number of ether oxygens (including phenoxy) is 1. The predicted molar refractivity (Wildman–Crippen MR) is 138 cm³/mol. The lowest BCUT2D eigenvalue weighted by Crippen LogP contribution is -2.40. The summed E-state index contributed by atoms with van der Waals surface area (Å²) in [7, 11) is 1.58. The molecule has 0 bridgehead atoms. The fourth-order valence-corrected chi connectivity index (χ4v) is 4.20. The summed E-state index contributed by atoms with van der Waals surface area (Å²) in [6.07, 6.45) is 1.33. The van der Waals surface area contributed by atoms with Crippen molar-refractivity contribution >= 4 is 34.1 Å². The van der Waals surface area contributed by atoms with Gasteiger partial charge in [-0.25, -0.2) is 4.79 Å². The highest BCUT2D eigenvalue weighted by atomic mass is 35.5. The maximum Gasteiger partial charge on any atom is 0.331 e. The fraction of sp³-hybridized carbons (Fsp3) is 0.222. The normalized spacial score (nSPS) is 10.9. The van der Waals surface area contributed by atoms with Gasteiger partial charge in [0.2, 0.25) is 5.91 Å². The quantitative estimate of drug-likeness (QED) is 0.344. The number of unbranched alkanes of at least 4 members (excludes halogenated alkanes) is 1. The molecule has 0 saturated heterocycles. The number of carbonyl (C=O) groups excluding carboxylic acids is 1. The number of methoxy groups -OCH3 is 1. The molecule has 0 unspecified atom stereocenters. The van der Waals surface area contributed by atoms with E-state index in [0.29, 0.717) is 46.7 Å². The highest BCUT2D eigenvalue weighted by Gasteiger charge is 2.13. The van der Waals surface area contributed by atoms with Gasteiger partial charge < -0.3 is 10.1 Å². The lowest BCUT2D eigenvalue weighted by molar-refractivity contribution is -0.116. The maximum absolute atomic E-state index is 13.3. The number of hydrogen-bond donors (Lipinski definition) is 1. The number of halogens is 1. The first-order valence-electron chi connectivity index (χ1n) is 11.4. The topological polar surface area (TPSA) is 82.3 Å². The van der Waals surface area contributed by atoms with Crippen LogP contribution in [0.3, 0.4) is 0 Å². The Balaban J connectivity index is 1.47. The third-order valence-corrected chi connectivity index (χ3v) is 6.01. The zero-order valence-corrected chi connectivity index (χ0v) is 20.1. The summed E-state index contributed by atoms with van der Waals surface area (Å²) in [5.74, 6) is 0.587. The van der Waals surface area contributed by atoms with Crippen LogP contribution >= 0.6 is 11.6 Å². The molecule has 3 aromatic carbocycles. The summed E-state index contributed by atoms with van der Waals surface area (Å²) < 4.78 is 7.97. The van der Waals surface area contributed by atoms with E-state index in [2.05, 4.69) is 5.32 Å². The molecule has 0 aliphatic carbocycles. The van der Waals surface area contributed by atoms with Crippen LogP contribution in [-0.4, -0.2) is 22.2 Å². The fourth-order valence-electron chi connectivity index (χ4n) is 3.99. The molecule has 1 amide bonds. The number of benzene rings is 3. The number of para-hydroxylation sites is 1. The van der Waals surface area contributed by atoms with Crippen LogP contribution in [0.5, 0.6) is 5.75 Å². The number of nitrogens with one attached hydrogen (secondary N) is 1. The first-order chi connectivity index (χ1) is 17.0. The van der Waals surface area contributed by atoms with Crippen molar-refractivity contribution in [3.63, 3.8) is 0 Å². The van der Waals surface area contributed by atoms with Crippen molar-refractivity contribution in [2.45, 2.75) is 32.4 Å². The molecule has 8 heteroatoms. The standard InChI is InChI=1S/C27H26ClN3O4/c1-35-22-14-12-21(13-15-22)29-25(32)11-4-5-16-30-26(33)23-9-2-3-10-24(23)31(27(30)34)18-19-7-6-8-20(28)17-19/h2-3,6-10,12-15,17H,4-5,11,16,18H2,1H3,(H,29,32). The van der Waals surface area contributed by atoms with Crippen LogP contribution in [0.1, 0.15) is 24.8 Å². The summed E-state index contributed by atoms with van der Waals surface area (Å²) >= 11 is 6.12. The first kappa shape index (κ1) is 24.3. The van der Waals surface area contributed by atoms with E-state index in [1.807, 2.05) is 12.1 Å². The molecule has 0 fully saturated rings. The van der Waals surface area contributed by atoms with Gasteiger partial charge in [0.1, 0.15) is 5.75 Å². The number of carbonyl (C=O) groups is 1. The SMILES string of the molecule is COc1ccc(NC(=O)CCCCn2c(=O)c3ccccc3n(Cc3cccc(Cl)c3)c2=O)cc1. The summed E-state index contributed by atoms with van der Waals surface area (Å²) in [4.78, 5) is 38.7. The molecule has 0 saturated carbocycles. The minimum Gasteiger partial charge on any atom is -0.497 e. The van der Waals surface area contributed by atoms with Crippen LogP contribution in [0.4, 0.5) is 5.69 Å². The van der Waals surface area contributed by atoms with Crippen LogP contribution in [0.2, 0.25) is 5.02 Å². The van der Waals surface area contributed by atoms with Crippen LogP contribution in [0.25, 0.3) is 10.9 Å². The van der Waals surface area contributed by atoms with Crippen molar-refractivity contribution in [2.75, 3.05) is 12.4 Å². The van der Waals surface area contributed by atoms with Crippen molar-refractivity contribution in [1.29, 1.82) is 0 Å². The van der Waals surface area contributed by atoms with E-state index in [4.69, 9.17) is 16.3 Å². The molecule has 1 heterocycles. The van der Waals surface area contributed by atoms with E-state index >= 15 is 0 Å². The number of nitrogens with zero attached hydrogens (tertiary/aromatic N) is 2. The van der Waals surface area contributed by atoms with Gasteiger partial charge in [0, 0.05) is 23.7 Å². The van der Waals surface area contributed by atoms with Crippen molar-refractivity contribution in [3.8, 4) is 5.75 Å². The molecule has 4 aromatic rings. The molecule has 0 aliphatic heterocycles. The number of amides is 1. The van der Waals surface area contributed by atoms with E-state index in [0.717, 1.165) is 5.56 Å². The van der Waals surface area contributed by atoms with Gasteiger partial charge in [0.25, 0.3) is 5.56 Å². The predicted octanol–water partition coefficient (Wildman–Crippen LogP) is 4.68. The van der Waals surface area contributed by atoms with Gasteiger partial charge >= 0.3 is 5.69 Å². The average molecular weight is 492 g/mol. The van der Waals surface area contributed by atoms with Gasteiger partial charge in [-0.3, -0.25) is 18.7 Å². The number of fused-ring (bicyclic) bond motifs is 1. The van der Waals surface area contributed by atoms with Crippen molar-refractivity contribution in [3.05, 3.63) is 104 Å². The summed E-state index contributed by atoms with van der Waals surface area (Å²) in [5.41, 5.74) is 1.43. The third-order valence-electron chi connectivity index (χ3n) is 5.77. The number of aromatic nitrogens is 2. The molecular weight excluding hydrogens is 466 g/mol. The Morgan fingerprint density at radius 1 is 0.943 bits per heavy atom. The molecule has 7 nitrogen and oxygen atoms in total.